The summed E-state index contributed by atoms with van der Waals surface area (Å²) in [6.07, 6.45) is 8.66. The molecule has 0 fully saturated rings. The standard InChI is InChI=1S/C10H10S/c1-8-6-10(7-11-8)9-4-2-3-5-9/h2-7,9H,1H3. The molecule has 0 aromatic carbocycles. The lowest BCUT2D eigenvalue weighted by Crippen LogP contribution is -1.83. The van der Waals surface area contributed by atoms with Crippen molar-refractivity contribution in [2.75, 3.05) is 0 Å². The van der Waals surface area contributed by atoms with Gasteiger partial charge in [-0.15, -0.1) is 11.3 Å². The Kier molecular flexibility index (Phi) is 1.66. The van der Waals surface area contributed by atoms with Crippen LogP contribution in [-0.4, -0.2) is 0 Å². The highest BCUT2D eigenvalue weighted by Gasteiger charge is 2.07. The summed E-state index contributed by atoms with van der Waals surface area (Å²) >= 11 is 1.82. The molecule has 0 atom stereocenters. The van der Waals surface area contributed by atoms with Crippen LogP contribution in [-0.2, 0) is 0 Å². The fourth-order valence-corrected chi connectivity index (χ4v) is 2.04. The van der Waals surface area contributed by atoms with Crippen molar-refractivity contribution in [3.63, 3.8) is 0 Å². The minimum absolute atomic E-state index is 0.542. The maximum Gasteiger partial charge on any atom is 0.0213 e. The molecule has 0 saturated heterocycles. The van der Waals surface area contributed by atoms with Crippen molar-refractivity contribution in [2.24, 2.45) is 0 Å². The molecule has 1 heteroatoms. The zero-order valence-corrected chi connectivity index (χ0v) is 7.27. The van der Waals surface area contributed by atoms with Crippen LogP contribution in [0.15, 0.2) is 35.8 Å². The van der Waals surface area contributed by atoms with Crippen molar-refractivity contribution in [1.82, 2.24) is 0 Å². The molecular weight excluding hydrogens is 152 g/mol. The smallest absolute Gasteiger partial charge is 0.0213 e. The van der Waals surface area contributed by atoms with Crippen molar-refractivity contribution >= 4 is 11.3 Å². The number of hydrogen-bond donors (Lipinski definition) is 0. The van der Waals surface area contributed by atoms with E-state index < -0.39 is 0 Å². The van der Waals surface area contributed by atoms with Crippen LogP contribution in [0.25, 0.3) is 0 Å². The van der Waals surface area contributed by atoms with Crippen LogP contribution in [0.5, 0.6) is 0 Å². The van der Waals surface area contributed by atoms with Crippen molar-refractivity contribution in [1.29, 1.82) is 0 Å². The van der Waals surface area contributed by atoms with E-state index >= 15 is 0 Å². The topological polar surface area (TPSA) is 0 Å². The Morgan fingerprint density at radius 3 is 2.55 bits per heavy atom. The van der Waals surface area contributed by atoms with Gasteiger partial charge in [0, 0.05) is 10.8 Å². The molecule has 0 saturated carbocycles. The molecule has 1 aromatic heterocycles. The molecule has 0 nitrogen and oxygen atoms in total. The third-order valence-electron chi connectivity index (χ3n) is 1.88. The van der Waals surface area contributed by atoms with Crippen LogP contribution in [0, 0.1) is 6.92 Å². The van der Waals surface area contributed by atoms with E-state index in [2.05, 4.69) is 42.7 Å². The van der Waals surface area contributed by atoms with Gasteiger partial charge < -0.3 is 0 Å². The molecule has 1 aromatic rings. The Balaban J connectivity index is 2.29. The lowest BCUT2D eigenvalue weighted by molar-refractivity contribution is 1.12. The second-order valence-corrected chi connectivity index (χ2v) is 3.90. The highest BCUT2D eigenvalue weighted by Crippen LogP contribution is 2.26. The van der Waals surface area contributed by atoms with Gasteiger partial charge in [0.2, 0.25) is 0 Å². The van der Waals surface area contributed by atoms with Crippen molar-refractivity contribution in [3.05, 3.63) is 46.2 Å². The molecule has 1 heterocycles. The van der Waals surface area contributed by atoms with Gasteiger partial charge in [-0.05, 0) is 23.9 Å². The van der Waals surface area contributed by atoms with Crippen molar-refractivity contribution in [3.8, 4) is 0 Å². The predicted molar refractivity (Wildman–Crippen MR) is 50.1 cm³/mol. The van der Waals surface area contributed by atoms with Crippen LogP contribution < -0.4 is 0 Å². The molecular formula is C10H10S. The lowest BCUT2D eigenvalue weighted by atomic mass is 10.0. The van der Waals surface area contributed by atoms with E-state index in [9.17, 15) is 0 Å². The molecule has 0 unspecified atom stereocenters. The fourth-order valence-electron chi connectivity index (χ4n) is 1.29. The van der Waals surface area contributed by atoms with E-state index in [1.165, 1.54) is 10.4 Å². The van der Waals surface area contributed by atoms with Gasteiger partial charge in [0.05, 0.1) is 0 Å². The van der Waals surface area contributed by atoms with Crippen LogP contribution in [0.2, 0.25) is 0 Å². The van der Waals surface area contributed by atoms with Gasteiger partial charge in [-0.2, -0.15) is 0 Å². The first-order chi connectivity index (χ1) is 5.36. The van der Waals surface area contributed by atoms with Crippen molar-refractivity contribution in [2.45, 2.75) is 12.8 Å². The number of allylic oxidation sites excluding steroid dienone is 4. The van der Waals surface area contributed by atoms with Gasteiger partial charge in [-0.25, -0.2) is 0 Å². The maximum atomic E-state index is 2.26. The minimum atomic E-state index is 0.542. The molecule has 1 aliphatic carbocycles. The summed E-state index contributed by atoms with van der Waals surface area (Å²) in [5.74, 6) is 0.542. The van der Waals surface area contributed by atoms with E-state index in [1.54, 1.807) is 0 Å². The van der Waals surface area contributed by atoms with Gasteiger partial charge >= 0.3 is 0 Å². The molecule has 11 heavy (non-hydrogen) atoms. The quantitative estimate of drug-likeness (QED) is 0.594. The van der Waals surface area contributed by atoms with Gasteiger partial charge in [0.15, 0.2) is 0 Å². The highest BCUT2D eigenvalue weighted by molar-refractivity contribution is 7.10. The monoisotopic (exact) mass is 162 g/mol. The van der Waals surface area contributed by atoms with Crippen LogP contribution in [0.3, 0.4) is 0 Å². The number of thiophene rings is 1. The molecule has 0 aliphatic heterocycles. The third kappa shape index (κ3) is 1.29. The first-order valence-electron chi connectivity index (χ1n) is 3.76. The minimum Gasteiger partial charge on any atom is -0.149 e. The highest BCUT2D eigenvalue weighted by atomic mass is 32.1. The SMILES string of the molecule is Cc1cc(C2C=CC=C2)cs1. The van der Waals surface area contributed by atoms with Crippen LogP contribution in [0.4, 0.5) is 0 Å². The summed E-state index contributed by atoms with van der Waals surface area (Å²) in [7, 11) is 0. The summed E-state index contributed by atoms with van der Waals surface area (Å²) in [5, 5.41) is 2.24. The second kappa shape index (κ2) is 2.67. The van der Waals surface area contributed by atoms with Crippen LogP contribution in [0.1, 0.15) is 16.4 Å². The average Bonchev–Trinajstić information content (AvgIpc) is 2.55. The Hall–Kier alpha value is -0.820. The Labute approximate surface area is 70.9 Å². The van der Waals surface area contributed by atoms with Crippen molar-refractivity contribution < 1.29 is 0 Å². The zero-order chi connectivity index (χ0) is 7.68. The lowest BCUT2D eigenvalue weighted by Gasteiger charge is -1.98. The van der Waals surface area contributed by atoms with E-state index in [4.69, 9.17) is 0 Å². The first-order valence-corrected chi connectivity index (χ1v) is 4.64. The number of rotatable bonds is 1. The first kappa shape index (κ1) is 6.86. The van der Waals surface area contributed by atoms with Gasteiger partial charge in [-0.1, -0.05) is 24.3 Å². The summed E-state index contributed by atoms with van der Waals surface area (Å²) in [5.41, 5.74) is 1.43. The van der Waals surface area contributed by atoms with E-state index in [0.717, 1.165) is 0 Å². The molecule has 0 N–H and O–H groups in total. The predicted octanol–water partition coefficient (Wildman–Crippen LogP) is 3.27. The molecule has 56 valence electrons. The van der Waals surface area contributed by atoms with Gasteiger partial charge in [0.1, 0.15) is 0 Å². The second-order valence-electron chi connectivity index (χ2n) is 2.79. The Morgan fingerprint density at radius 1 is 1.27 bits per heavy atom. The number of aryl methyl sites for hydroxylation is 1. The maximum absolute atomic E-state index is 2.26. The average molecular weight is 162 g/mol. The Morgan fingerprint density at radius 2 is 2.00 bits per heavy atom. The summed E-state index contributed by atoms with van der Waals surface area (Å²) in [4.78, 5) is 1.40. The van der Waals surface area contributed by atoms with E-state index in [1.807, 2.05) is 11.3 Å². The van der Waals surface area contributed by atoms with Crippen LogP contribution >= 0.6 is 11.3 Å². The Bertz CT molecular complexity index is 292. The molecule has 0 amide bonds. The largest absolute Gasteiger partial charge is 0.149 e. The fraction of sp³-hybridized carbons (Fsp3) is 0.200. The number of hydrogen-bond acceptors (Lipinski definition) is 1. The van der Waals surface area contributed by atoms with Gasteiger partial charge in [0.25, 0.3) is 0 Å². The zero-order valence-electron chi connectivity index (χ0n) is 6.45. The summed E-state index contributed by atoms with van der Waals surface area (Å²) in [6.45, 7) is 2.15. The molecule has 0 spiro atoms. The van der Waals surface area contributed by atoms with Gasteiger partial charge in [-0.3, -0.25) is 0 Å². The summed E-state index contributed by atoms with van der Waals surface area (Å²) in [6, 6.07) is 2.26. The normalized spacial score (nSPS) is 16.5. The molecule has 0 bridgehead atoms. The third-order valence-corrected chi connectivity index (χ3v) is 2.76. The molecule has 2 rings (SSSR count). The van der Waals surface area contributed by atoms with E-state index in [0.29, 0.717) is 5.92 Å². The van der Waals surface area contributed by atoms with E-state index in [-0.39, 0.29) is 0 Å². The summed E-state index contributed by atoms with van der Waals surface area (Å²) < 4.78 is 0. The molecule has 0 radical (unpaired) electrons. The molecule has 1 aliphatic rings.